The molecule has 2 aromatic rings. The van der Waals surface area contributed by atoms with E-state index in [1.165, 1.54) is 0 Å². The predicted octanol–water partition coefficient (Wildman–Crippen LogP) is 5.44. The van der Waals surface area contributed by atoms with Crippen LogP contribution < -0.4 is 9.64 Å². The molecule has 0 spiro atoms. The fourth-order valence-electron chi connectivity index (χ4n) is 2.14. The van der Waals surface area contributed by atoms with E-state index in [4.69, 9.17) is 4.74 Å². The Morgan fingerprint density at radius 3 is 2.64 bits per heavy atom. The lowest BCUT2D eigenvalue weighted by molar-refractivity contribution is -0.139. The van der Waals surface area contributed by atoms with Crippen molar-refractivity contribution in [3.63, 3.8) is 0 Å². The highest BCUT2D eigenvalue weighted by Gasteiger charge is 2.36. The first-order valence-corrected chi connectivity index (χ1v) is 8.97. The van der Waals surface area contributed by atoms with Crippen molar-refractivity contribution in [2.75, 3.05) is 18.6 Å². The van der Waals surface area contributed by atoms with E-state index in [9.17, 15) is 13.2 Å². The lowest BCUT2D eigenvalue weighted by Gasteiger charge is -2.20. The molecule has 0 aliphatic heterocycles. The summed E-state index contributed by atoms with van der Waals surface area (Å²) >= 11 is 2.17. The fraction of sp³-hybridized carbons (Fsp3) is 0.412. The summed E-state index contributed by atoms with van der Waals surface area (Å²) in [6, 6.07) is 7.52. The molecule has 0 radical (unpaired) electrons. The van der Waals surface area contributed by atoms with E-state index >= 15 is 0 Å². The number of aromatic nitrogens is 2. The number of benzene rings is 1. The van der Waals surface area contributed by atoms with Gasteiger partial charge in [-0.25, -0.2) is 4.98 Å². The Morgan fingerprint density at radius 2 is 2.00 bits per heavy atom. The maximum atomic E-state index is 13.2. The molecular weight excluding hydrogens is 446 g/mol. The summed E-state index contributed by atoms with van der Waals surface area (Å²) in [6.07, 6.45) is -1.25. The van der Waals surface area contributed by atoms with E-state index in [-0.39, 0.29) is 12.6 Å². The molecule has 136 valence electrons. The van der Waals surface area contributed by atoms with Crippen molar-refractivity contribution in [3.05, 3.63) is 39.6 Å². The largest absolute Gasteiger partial charge is 0.477 e. The maximum Gasteiger partial charge on any atom is 0.423 e. The van der Waals surface area contributed by atoms with Gasteiger partial charge in [-0.3, -0.25) is 0 Å². The minimum atomic E-state index is -4.56. The Balaban J connectivity index is 2.30. The van der Waals surface area contributed by atoms with Gasteiger partial charge in [0.05, 0.1) is 6.61 Å². The van der Waals surface area contributed by atoms with Gasteiger partial charge in [0.15, 0.2) is 0 Å². The molecule has 0 unspecified atom stereocenters. The van der Waals surface area contributed by atoms with Gasteiger partial charge in [0.1, 0.15) is 5.56 Å². The number of anilines is 2. The Bertz CT molecular complexity index is 710. The van der Waals surface area contributed by atoms with E-state index < -0.39 is 17.6 Å². The number of hydrogen-bond donors (Lipinski definition) is 0. The molecule has 25 heavy (non-hydrogen) atoms. The number of halogens is 4. The molecule has 1 heterocycles. The van der Waals surface area contributed by atoms with E-state index in [1.54, 1.807) is 11.9 Å². The smallest absolute Gasteiger partial charge is 0.423 e. The quantitative estimate of drug-likeness (QED) is 0.404. The highest BCUT2D eigenvalue weighted by atomic mass is 127. The Morgan fingerprint density at radius 1 is 1.24 bits per heavy atom. The molecule has 0 aliphatic carbocycles. The molecule has 0 saturated carbocycles. The van der Waals surface area contributed by atoms with Gasteiger partial charge in [-0.1, -0.05) is 25.8 Å². The number of unbranched alkanes of at least 4 members (excludes halogenated alkanes) is 2. The van der Waals surface area contributed by atoms with Gasteiger partial charge in [-0.2, -0.15) is 18.2 Å². The summed E-state index contributed by atoms with van der Waals surface area (Å²) < 4.78 is 45.8. The van der Waals surface area contributed by atoms with Crippen molar-refractivity contribution in [3.8, 4) is 5.88 Å². The van der Waals surface area contributed by atoms with Crippen LogP contribution in [0.5, 0.6) is 5.88 Å². The summed E-state index contributed by atoms with van der Waals surface area (Å²) in [5.74, 6) is -0.272. The van der Waals surface area contributed by atoms with Crippen LogP contribution in [0.1, 0.15) is 31.7 Å². The molecule has 0 saturated heterocycles. The molecule has 8 heteroatoms. The van der Waals surface area contributed by atoms with Crippen molar-refractivity contribution in [1.29, 1.82) is 0 Å². The number of nitrogens with zero attached hydrogens (tertiary/aromatic N) is 3. The zero-order valence-electron chi connectivity index (χ0n) is 14.0. The molecule has 4 nitrogen and oxygen atoms in total. The monoisotopic (exact) mass is 465 g/mol. The molecule has 1 aromatic carbocycles. The van der Waals surface area contributed by atoms with Gasteiger partial charge in [0.2, 0.25) is 11.8 Å². The van der Waals surface area contributed by atoms with Gasteiger partial charge in [-0.15, -0.1) is 0 Å². The lowest BCUT2D eigenvalue weighted by Crippen LogP contribution is -2.17. The molecule has 0 aliphatic rings. The Labute approximate surface area is 158 Å². The minimum absolute atomic E-state index is 0.153. The second-order valence-corrected chi connectivity index (χ2v) is 6.73. The van der Waals surface area contributed by atoms with Crippen LogP contribution in [0.2, 0.25) is 0 Å². The molecule has 1 aromatic heterocycles. The third-order valence-corrected chi connectivity index (χ3v) is 4.20. The van der Waals surface area contributed by atoms with Crippen LogP contribution in [0.25, 0.3) is 0 Å². The number of hydrogen-bond acceptors (Lipinski definition) is 4. The second-order valence-electron chi connectivity index (χ2n) is 5.48. The van der Waals surface area contributed by atoms with Crippen molar-refractivity contribution in [2.24, 2.45) is 0 Å². The summed E-state index contributed by atoms with van der Waals surface area (Å²) in [6.45, 7) is 2.21. The average molecular weight is 465 g/mol. The first-order valence-electron chi connectivity index (χ1n) is 7.89. The van der Waals surface area contributed by atoms with E-state index in [0.29, 0.717) is 6.42 Å². The van der Waals surface area contributed by atoms with Gasteiger partial charge < -0.3 is 9.64 Å². The van der Waals surface area contributed by atoms with Crippen LogP contribution >= 0.6 is 22.6 Å². The normalized spacial score (nSPS) is 11.4. The second kappa shape index (κ2) is 8.68. The van der Waals surface area contributed by atoms with E-state index in [1.807, 2.05) is 31.2 Å². The summed E-state index contributed by atoms with van der Waals surface area (Å²) in [4.78, 5) is 9.51. The highest BCUT2D eigenvalue weighted by molar-refractivity contribution is 14.1. The number of rotatable bonds is 7. The van der Waals surface area contributed by atoms with Crippen LogP contribution in [0.15, 0.2) is 30.5 Å². The van der Waals surface area contributed by atoms with Gasteiger partial charge in [-0.05, 0) is 47.2 Å². The third-order valence-electron chi connectivity index (χ3n) is 3.53. The summed E-state index contributed by atoms with van der Waals surface area (Å²) in [5.41, 5.74) is -0.174. The molecule has 0 atom stereocenters. The predicted molar refractivity (Wildman–Crippen MR) is 99.3 cm³/mol. The van der Waals surface area contributed by atoms with Crippen molar-refractivity contribution < 1.29 is 17.9 Å². The average Bonchev–Trinajstić information content (AvgIpc) is 2.57. The molecule has 2 rings (SSSR count). The Kier molecular flexibility index (Phi) is 6.86. The van der Waals surface area contributed by atoms with Gasteiger partial charge >= 0.3 is 6.18 Å². The molecular formula is C17H19F3IN3O. The molecule has 0 N–H and O–H groups in total. The Hall–Kier alpha value is -1.58. The summed E-state index contributed by atoms with van der Waals surface area (Å²) in [7, 11) is 1.70. The van der Waals surface area contributed by atoms with Crippen LogP contribution in [-0.4, -0.2) is 23.6 Å². The topological polar surface area (TPSA) is 38.2 Å². The van der Waals surface area contributed by atoms with E-state index in [2.05, 4.69) is 32.6 Å². The lowest BCUT2D eigenvalue weighted by atomic mass is 10.2. The zero-order valence-corrected chi connectivity index (χ0v) is 16.1. The van der Waals surface area contributed by atoms with Crippen LogP contribution in [0.4, 0.5) is 24.8 Å². The first-order chi connectivity index (χ1) is 11.8. The SMILES string of the molecule is CCCCCOc1nc(N(C)c2cccc(I)c2)ncc1C(F)(F)F. The maximum absolute atomic E-state index is 13.2. The van der Waals surface area contributed by atoms with Crippen molar-refractivity contribution in [2.45, 2.75) is 32.4 Å². The molecule has 0 bridgehead atoms. The van der Waals surface area contributed by atoms with Gasteiger partial charge in [0, 0.05) is 22.5 Å². The van der Waals surface area contributed by atoms with Gasteiger partial charge in [0.25, 0.3) is 0 Å². The zero-order chi connectivity index (χ0) is 18.4. The van der Waals surface area contributed by atoms with Crippen molar-refractivity contribution in [1.82, 2.24) is 9.97 Å². The van der Waals surface area contributed by atoms with Crippen molar-refractivity contribution >= 4 is 34.2 Å². The highest BCUT2D eigenvalue weighted by Crippen LogP contribution is 2.36. The summed E-state index contributed by atoms with van der Waals surface area (Å²) in [5, 5.41) is 0. The number of ether oxygens (including phenoxy) is 1. The van der Waals surface area contributed by atoms with Crippen LogP contribution in [0.3, 0.4) is 0 Å². The standard InChI is InChI=1S/C17H19F3IN3O/c1-3-4-5-9-25-15-14(17(18,19)20)11-22-16(23-15)24(2)13-8-6-7-12(21)10-13/h6-8,10-11H,3-5,9H2,1-2H3. The first kappa shape index (κ1) is 19.7. The van der Waals surface area contributed by atoms with Crippen LogP contribution in [0, 0.1) is 3.57 Å². The molecule has 0 fully saturated rings. The number of alkyl halides is 3. The minimum Gasteiger partial charge on any atom is -0.477 e. The third kappa shape index (κ3) is 5.45. The van der Waals surface area contributed by atoms with E-state index in [0.717, 1.165) is 28.3 Å². The fourth-order valence-corrected chi connectivity index (χ4v) is 2.67. The van der Waals surface area contributed by atoms with Crippen LogP contribution in [-0.2, 0) is 6.18 Å². The molecule has 0 amide bonds.